The van der Waals surface area contributed by atoms with E-state index in [0.29, 0.717) is 5.89 Å². The normalized spacial score (nSPS) is 23.3. The Morgan fingerprint density at radius 1 is 1.45 bits per heavy atom. The number of likely N-dealkylation sites (tertiary alicyclic amines) is 1. The Bertz CT molecular complexity index is 472. The third-order valence-corrected chi connectivity index (χ3v) is 3.88. The highest BCUT2D eigenvalue weighted by Crippen LogP contribution is 2.31. The number of carbonyl (C=O) groups excluding carboxylic acids is 1. The molecule has 1 aromatic heterocycles. The minimum atomic E-state index is -0.655. The molecule has 7 nitrogen and oxygen atoms in total. The molecule has 20 heavy (non-hydrogen) atoms. The lowest BCUT2D eigenvalue weighted by Gasteiger charge is -2.21. The Morgan fingerprint density at radius 2 is 2.30 bits per heavy atom. The van der Waals surface area contributed by atoms with Gasteiger partial charge in [-0.3, -0.25) is 9.69 Å². The first-order chi connectivity index (χ1) is 9.74. The number of hydrogen-bond acceptors (Lipinski definition) is 6. The molecular formula is C13H20N4O3. The second-order valence-corrected chi connectivity index (χ2v) is 5.53. The Morgan fingerprint density at radius 3 is 3.00 bits per heavy atom. The van der Waals surface area contributed by atoms with E-state index in [1.807, 2.05) is 0 Å². The number of primary amides is 1. The Balaban J connectivity index is 1.52. The van der Waals surface area contributed by atoms with Gasteiger partial charge < -0.3 is 15.0 Å². The number of aromatic nitrogens is 2. The predicted octanol–water partition coefficient (Wildman–Crippen LogP) is 0.732. The number of nitrogens with zero attached hydrogens (tertiary/aromatic N) is 3. The summed E-state index contributed by atoms with van der Waals surface area (Å²) < 4.78 is 10.8. The minimum absolute atomic E-state index is 0.0446. The summed E-state index contributed by atoms with van der Waals surface area (Å²) >= 11 is 0. The molecule has 1 saturated carbocycles. The van der Waals surface area contributed by atoms with Crippen LogP contribution in [0.4, 0.5) is 0 Å². The predicted molar refractivity (Wildman–Crippen MR) is 69.9 cm³/mol. The Labute approximate surface area is 117 Å². The summed E-state index contributed by atoms with van der Waals surface area (Å²) in [6.07, 6.45) is 4.67. The van der Waals surface area contributed by atoms with Crippen molar-refractivity contribution in [1.82, 2.24) is 15.0 Å². The summed E-state index contributed by atoms with van der Waals surface area (Å²) in [6.45, 7) is 3.45. The molecule has 1 amide bonds. The maximum atomic E-state index is 11.0. The van der Waals surface area contributed by atoms with Gasteiger partial charge in [0.15, 0.2) is 0 Å². The lowest BCUT2D eigenvalue weighted by molar-refractivity contribution is 0.0871. The lowest BCUT2D eigenvalue weighted by Crippen LogP contribution is -2.27. The van der Waals surface area contributed by atoms with Gasteiger partial charge in [-0.1, -0.05) is 5.16 Å². The van der Waals surface area contributed by atoms with E-state index in [4.69, 9.17) is 15.0 Å². The van der Waals surface area contributed by atoms with Gasteiger partial charge in [0.2, 0.25) is 5.89 Å². The van der Waals surface area contributed by atoms with Crippen molar-refractivity contribution >= 4 is 5.91 Å². The van der Waals surface area contributed by atoms with Gasteiger partial charge >= 0.3 is 0 Å². The minimum Gasteiger partial charge on any atom is -0.380 e. The van der Waals surface area contributed by atoms with Crippen molar-refractivity contribution < 1.29 is 14.1 Å². The van der Waals surface area contributed by atoms with Crippen LogP contribution in [0.25, 0.3) is 0 Å². The summed E-state index contributed by atoms with van der Waals surface area (Å²) in [5.41, 5.74) is 5.14. The highest BCUT2D eigenvalue weighted by Gasteiger charge is 2.31. The van der Waals surface area contributed by atoms with Crippen LogP contribution in [-0.4, -0.2) is 47.3 Å². The van der Waals surface area contributed by atoms with E-state index in [0.717, 1.165) is 45.1 Å². The zero-order valence-corrected chi connectivity index (χ0v) is 11.5. The highest BCUT2D eigenvalue weighted by atomic mass is 16.5. The quantitative estimate of drug-likeness (QED) is 0.740. The first-order valence-corrected chi connectivity index (χ1v) is 7.19. The van der Waals surface area contributed by atoms with Crippen LogP contribution in [-0.2, 0) is 4.74 Å². The number of hydrogen-bond donors (Lipinski definition) is 1. The van der Waals surface area contributed by atoms with Crippen molar-refractivity contribution in [2.75, 3.05) is 26.3 Å². The van der Waals surface area contributed by atoms with Gasteiger partial charge in [-0.05, 0) is 38.1 Å². The largest absolute Gasteiger partial charge is 0.380 e. The van der Waals surface area contributed by atoms with Gasteiger partial charge in [-0.25, -0.2) is 0 Å². The van der Waals surface area contributed by atoms with E-state index < -0.39 is 5.91 Å². The van der Waals surface area contributed by atoms with Crippen LogP contribution in [0.3, 0.4) is 0 Å². The molecule has 1 aliphatic carbocycles. The van der Waals surface area contributed by atoms with Crippen LogP contribution in [0.2, 0.25) is 0 Å². The summed E-state index contributed by atoms with van der Waals surface area (Å²) in [7, 11) is 0. The average molecular weight is 280 g/mol. The molecule has 1 aliphatic heterocycles. The molecule has 1 aromatic rings. The van der Waals surface area contributed by atoms with Gasteiger partial charge in [0.05, 0.1) is 12.6 Å². The fraction of sp³-hybridized carbons (Fsp3) is 0.769. The monoisotopic (exact) mass is 280 g/mol. The topological polar surface area (TPSA) is 94.5 Å². The molecular weight excluding hydrogens is 260 g/mol. The molecule has 0 aromatic carbocycles. The second-order valence-electron chi connectivity index (χ2n) is 5.53. The number of amides is 1. The second kappa shape index (κ2) is 5.88. The molecule has 3 rings (SSSR count). The van der Waals surface area contributed by atoms with E-state index >= 15 is 0 Å². The van der Waals surface area contributed by atoms with E-state index in [9.17, 15) is 4.79 Å². The molecule has 0 radical (unpaired) electrons. The Kier molecular flexibility index (Phi) is 3.98. The molecule has 110 valence electrons. The number of nitrogens with two attached hydrogens (primary N) is 1. The van der Waals surface area contributed by atoms with Crippen molar-refractivity contribution in [3.05, 3.63) is 11.7 Å². The fourth-order valence-electron chi connectivity index (χ4n) is 2.56. The van der Waals surface area contributed by atoms with Crippen molar-refractivity contribution in [2.45, 2.75) is 31.7 Å². The molecule has 2 heterocycles. The highest BCUT2D eigenvalue weighted by molar-refractivity contribution is 5.88. The summed E-state index contributed by atoms with van der Waals surface area (Å²) in [5.74, 6) is 0.575. The van der Waals surface area contributed by atoms with Gasteiger partial charge in [-0.15, -0.1) is 0 Å². The molecule has 1 atom stereocenters. The lowest BCUT2D eigenvalue weighted by atomic mass is 10.2. The maximum Gasteiger partial charge on any atom is 0.290 e. The van der Waals surface area contributed by atoms with Gasteiger partial charge in [0.25, 0.3) is 11.7 Å². The summed E-state index contributed by atoms with van der Waals surface area (Å²) in [4.78, 5) is 17.3. The smallest absolute Gasteiger partial charge is 0.290 e. The van der Waals surface area contributed by atoms with Crippen LogP contribution in [0.5, 0.6) is 0 Å². The van der Waals surface area contributed by atoms with Crippen LogP contribution < -0.4 is 5.73 Å². The van der Waals surface area contributed by atoms with Crippen LogP contribution in [0.15, 0.2) is 4.52 Å². The third kappa shape index (κ3) is 3.16. The van der Waals surface area contributed by atoms with Crippen molar-refractivity contribution in [2.24, 2.45) is 11.7 Å². The van der Waals surface area contributed by atoms with Gasteiger partial charge in [0, 0.05) is 13.2 Å². The SMILES string of the molecule is NC(=O)c1noc([C@@H]2CCCN2CCOCC2CC2)n1. The molecule has 0 unspecified atom stereocenters. The third-order valence-electron chi connectivity index (χ3n) is 3.88. The summed E-state index contributed by atoms with van der Waals surface area (Å²) in [5, 5.41) is 3.60. The van der Waals surface area contributed by atoms with Crippen molar-refractivity contribution in [1.29, 1.82) is 0 Å². The number of carbonyl (C=O) groups is 1. The van der Waals surface area contributed by atoms with E-state index in [-0.39, 0.29) is 11.9 Å². The first-order valence-electron chi connectivity index (χ1n) is 7.19. The maximum absolute atomic E-state index is 11.0. The first kappa shape index (κ1) is 13.5. The standard InChI is InChI=1S/C13H20N4O3/c14-11(18)12-15-13(20-16-12)10-2-1-5-17(10)6-7-19-8-9-3-4-9/h9-10H,1-8H2,(H2,14,18)/t10-/m0/s1. The zero-order valence-electron chi connectivity index (χ0n) is 11.5. The van der Waals surface area contributed by atoms with E-state index in [1.54, 1.807) is 0 Å². The molecule has 1 saturated heterocycles. The van der Waals surface area contributed by atoms with Crippen molar-refractivity contribution in [3.8, 4) is 0 Å². The number of ether oxygens (including phenoxy) is 1. The van der Waals surface area contributed by atoms with Crippen LogP contribution in [0, 0.1) is 5.92 Å². The molecule has 0 spiro atoms. The average Bonchev–Trinajstić information content (AvgIpc) is 2.93. The number of rotatable bonds is 7. The molecule has 2 fully saturated rings. The van der Waals surface area contributed by atoms with E-state index in [2.05, 4.69) is 15.0 Å². The Hall–Kier alpha value is -1.47. The summed E-state index contributed by atoms with van der Waals surface area (Å²) in [6, 6.07) is 0.0834. The van der Waals surface area contributed by atoms with Crippen molar-refractivity contribution in [3.63, 3.8) is 0 Å². The fourth-order valence-corrected chi connectivity index (χ4v) is 2.56. The molecule has 2 aliphatic rings. The van der Waals surface area contributed by atoms with Crippen LogP contribution in [0.1, 0.15) is 48.2 Å². The molecule has 0 bridgehead atoms. The zero-order chi connectivity index (χ0) is 13.9. The van der Waals surface area contributed by atoms with Gasteiger partial charge in [-0.2, -0.15) is 4.98 Å². The molecule has 7 heteroatoms. The van der Waals surface area contributed by atoms with E-state index in [1.165, 1.54) is 12.8 Å². The molecule has 2 N–H and O–H groups in total. The van der Waals surface area contributed by atoms with Crippen LogP contribution >= 0.6 is 0 Å². The van der Waals surface area contributed by atoms with Gasteiger partial charge in [0.1, 0.15) is 0 Å².